The van der Waals surface area contributed by atoms with Crippen LogP contribution >= 0.6 is 15.9 Å². The highest BCUT2D eigenvalue weighted by molar-refractivity contribution is 9.09. The van der Waals surface area contributed by atoms with Crippen molar-refractivity contribution in [3.05, 3.63) is 0 Å². The molecule has 1 N–H and O–H groups in total. The Balaban J connectivity index is 4.01. The van der Waals surface area contributed by atoms with Crippen molar-refractivity contribution in [3.63, 3.8) is 0 Å². The number of hydrogen-bond donors (Lipinski definition) is 1. The molecule has 0 aromatic carbocycles. The molecule has 0 radical (unpaired) electrons. The van der Waals surface area contributed by atoms with Crippen molar-refractivity contribution < 1.29 is 5.11 Å². The van der Waals surface area contributed by atoms with Gasteiger partial charge in [0.1, 0.15) is 0 Å². The molecule has 0 aliphatic heterocycles. The number of nitrogens with zero attached hydrogens (tertiary/aromatic N) is 1. The van der Waals surface area contributed by atoms with E-state index in [2.05, 4.69) is 34.7 Å². The fourth-order valence-corrected chi connectivity index (χ4v) is 2.17. The first kappa shape index (κ1) is 14.4. The quantitative estimate of drug-likeness (QED) is 0.716. The summed E-state index contributed by atoms with van der Waals surface area (Å²) in [4.78, 5) is 2.31. The zero-order valence-corrected chi connectivity index (χ0v) is 11.5. The maximum Gasteiger partial charge on any atom is 0.0718 e. The van der Waals surface area contributed by atoms with E-state index in [0.717, 1.165) is 25.0 Å². The van der Waals surface area contributed by atoms with E-state index in [1.807, 2.05) is 13.8 Å². The first-order valence-electron chi connectivity index (χ1n) is 5.43. The van der Waals surface area contributed by atoms with E-state index in [1.54, 1.807) is 0 Å². The molecule has 0 aliphatic carbocycles. The van der Waals surface area contributed by atoms with E-state index in [-0.39, 0.29) is 0 Å². The number of hydrogen-bond acceptors (Lipinski definition) is 2. The van der Waals surface area contributed by atoms with Crippen LogP contribution in [0.25, 0.3) is 0 Å². The summed E-state index contributed by atoms with van der Waals surface area (Å²) in [5.74, 6) is 0.692. The van der Waals surface area contributed by atoms with Crippen LogP contribution in [-0.2, 0) is 0 Å². The largest absolute Gasteiger partial charge is 0.389 e. The minimum Gasteiger partial charge on any atom is -0.389 e. The van der Waals surface area contributed by atoms with Crippen LogP contribution in [0.5, 0.6) is 0 Å². The lowest BCUT2D eigenvalue weighted by Gasteiger charge is -2.30. The van der Waals surface area contributed by atoms with Gasteiger partial charge in [0, 0.05) is 18.4 Å². The van der Waals surface area contributed by atoms with Crippen LogP contribution in [0.2, 0.25) is 0 Å². The van der Waals surface area contributed by atoms with Crippen molar-refractivity contribution in [2.45, 2.75) is 39.7 Å². The Morgan fingerprint density at radius 3 is 2.21 bits per heavy atom. The van der Waals surface area contributed by atoms with Gasteiger partial charge in [-0.2, -0.15) is 0 Å². The molecule has 1 atom stereocenters. The van der Waals surface area contributed by atoms with Crippen molar-refractivity contribution in [1.82, 2.24) is 4.90 Å². The van der Waals surface area contributed by atoms with Gasteiger partial charge in [0.15, 0.2) is 0 Å². The van der Waals surface area contributed by atoms with Crippen molar-refractivity contribution in [2.75, 3.05) is 25.0 Å². The third-order valence-corrected chi connectivity index (χ3v) is 3.29. The lowest BCUT2D eigenvalue weighted by Crippen LogP contribution is -2.41. The third kappa shape index (κ3) is 6.80. The molecule has 1 unspecified atom stereocenters. The van der Waals surface area contributed by atoms with Gasteiger partial charge in [0.05, 0.1) is 5.60 Å². The van der Waals surface area contributed by atoms with Crippen LogP contribution in [0.4, 0.5) is 0 Å². The molecule has 0 bridgehead atoms. The molecule has 86 valence electrons. The van der Waals surface area contributed by atoms with Gasteiger partial charge >= 0.3 is 0 Å². The van der Waals surface area contributed by atoms with Crippen molar-refractivity contribution >= 4 is 15.9 Å². The Hall–Kier alpha value is 0.400. The lowest BCUT2D eigenvalue weighted by atomic mass is 10.1. The first-order valence-corrected chi connectivity index (χ1v) is 6.55. The summed E-state index contributed by atoms with van der Waals surface area (Å²) in [6.07, 6.45) is 1.19. The van der Waals surface area contributed by atoms with Crippen LogP contribution in [0.15, 0.2) is 0 Å². The number of alkyl halides is 1. The van der Waals surface area contributed by atoms with Gasteiger partial charge < -0.3 is 10.0 Å². The first-order chi connectivity index (χ1) is 6.42. The van der Waals surface area contributed by atoms with Gasteiger partial charge in [-0.3, -0.25) is 0 Å². The lowest BCUT2D eigenvalue weighted by molar-refractivity contribution is 0.0337. The Morgan fingerprint density at radius 2 is 1.93 bits per heavy atom. The second-order valence-corrected chi connectivity index (χ2v) is 5.22. The van der Waals surface area contributed by atoms with Crippen LogP contribution in [-0.4, -0.2) is 40.6 Å². The summed E-state index contributed by atoms with van der Waals surface area (Å²) < 4.78 is 0. The van der Waals surface area contributed by atoms with Gasteiger partial charge in [0.2, 0.25) is 0 Å². The minimum atomic E-state index is -0.583. The average Bonchev–Trinajstić information content (AvgIpc) is 2.10. The van der Waals surface area contributed by atoms with E-state index in [9.17, 15) is 5.11 Å². The zero-order valence-electron chi connectivity index (χ0n) is 9.89. The molecule has 0 saturated heterocycles. The summed E-state index contributed by atoms with van der Waals surface area (Å²) in [7, 11) is 0. The fourth-order valence-electron chi connectivity index (χ4n) is 1.50. The predicted molar refractivity (Wildman–Crippen MR) is 66.0 cm³/mol. The molecule has 14 heavy (non-hydrogen) atoms. The summed E-state index contributed by atoms with van der Waals surface area (Å²) in [5, 5.41) is 10.8. The Kier molecular flexibility index (Phi) is 7.00. The molecule has 0 saturated carbocycles. The number of halogens is 1. The van der Waals surface area contributed by atoms with E-state index < -0.39 is 5.60 Å². The smallest absolute Gasteiger partial charge is 0.0718 e. The second kappa shape index (κ2) is 6.81. The molecule has 0 aromatic heterocycles. The predicted octanol–water partition coefficient (Wildman–Crippen LogP) is 2.50. The maximum absolute atomic E-state index is 9.72. The molecule has 0 rings (SSSR count). The Bertz CT molecular complexity index is 141. The Labute approximate surface area is 96.8 Å². The van der Waals surface area contributed by atoms with E-state index in [0.29, 0.717) is 5.92 Å². The molecule has 0 aliphatic rings. The van der Waals surface area contributed by atoms with Gasteiger partial charge in [-0.25, -0.2) is 0 Å². The molecular weight excluding hydrogens is 242 g/mol. The third-order valence-electron chi connectivity index (χ3n) is 2.37. The highest BCUT2D eigenvalue weighted by Crippen LogP contribution is 2.11. The van der Waals surface area contributed by atoms with Gasteiger partial charge in [-0.1, -0.05) is 36.2 Å². The zero-order chi connectivity index (χ0) is 11.2. The number of likely N-dealkylation sites (N-methyl/N-ethyl adjacent to an activating group) is 1. The van der Waals surface area contributed by atoms with Crippen LogP contribution in [0, 0.1) is 5.92 Å². The van der Waals surface area contributed by atoms with Crippen molar-refractivity contribution in [1.29, 1.82) is 0 Å². The molecule has 3 heteroatoms. The minimum absolute atomic E-state index is 0.583. The molecule has 2 nitrogen and oxygen atoms in total. The number of aliphatic hydroxyl groups is 1. The molecule has 0 heterocycles. The SMILES string of the molecule is CCC(CBr)CN(CC)CC(C)(C)O. The van der Waals surface area contributed by atoms with Gasteiger partial charge in [-0.15, -0.1) is 0 Å². The summed E-state index contributed by atoms with van der Waals surface area (Å²) >= 11 is 3.52. The normalized spacial score (nSPS) is 14.8. The summed E-state index contributed by atoms with van der Waals surface area (Å²) in [5.41, 5.74) is -0.583. The highest BCUT2D eigenvalue weighted by Gasteiger charge is 2.19. The van der Waals surface area contributed by atoms with E-state index >= 15 is 0 Å². The highest BCUT2D eigenvalue weighted by atomic mass is 79.9. The van der Waals surface area contributed by atoms with Crippen molar-refractivity contribution in [3.8, 4) is 0 Å². The standard InChI is InChI=1S/C11H24BrNO/c1-5-10(7-12)8-13(6-2)9-11(3,4)14/h10,14H,5-9H2,1-4H3. The summed E-state index contributed by atoms with van der Waals surface area (Å²) in [6.45, 7) is 10.9. The number of rotatable bonds is 7. The van der Waals surface area contributed by atoms with Crippen LogP contribution < -0.4 is 0 Å². The molecule has 0 aromatic rings. The topological polar surface area (TPSA) is 23.5 Å². The van der Waals surface area contributed by atoms with Gasteiger partial charge in [0.25, 0.3) is 0 Å². The monoisotopic (exact) mass is 265 g/mol. The molecule has 0 spiro atoms. The van der Waals surface area contributed by atoms with Crippen LogP contribution in [0.1, 0.15) is 34.1 Å². The van der Waals surface area contributed by atoms with E-state index in [1.165, 1.54) is 6.42 Å². The van der Waals surface area contributed by atoms with Gasteiger partial charge in [-0.05, 0) is 26.3 Å². The molecule has 0 fully saturated rings. The maximum atomic E-state index is 9.72. The fraction of sp³-hybridized carbons (Fsp3) is 1.00. The van der Waals surface area contributed by atoms with Crippen molar-refractivity contribution in [2.24, 2.45) is 5.92 Å². The Morgan fingerprint density at radius 1 is 1.36 bits per heavy atom. The average molecular weight is 266 g/mol. The molecule has 0 amide bonds. The van der Waals surface area contributed by atoms with Crippen LogP contribution in [0.3, 0.4) is 0 Å². The summed E-state index contributed by atoms with van der Waals surface area (Å²) in [6, 6.07) is 0. The molecular formula is C11H24BrNO. The second-order valence-electron chi connectivity index (χ2n) is 4.57. The van der Waals surface area contributed by atoms with E-state index in [4.69, 9.17) is 0 Å².